The van der Waals surface area contributed by atoms with E-state index in [2.05, 4.69) is 4.98 Å². The van der Waals surface area contributed by atoms with Gasteiger partial charge in [-0.05, 0) is 25.0 Å². The maximum atomic E-state index is 13.9. The van der Waals surface area contributed by atoms with E-state index in [4.69, 9.17) is 4.42 Å². The zero-order valence-electron chi connectivity index (χ0n) is 15.9. The Morgan fingerprint density at radius 3 is 2.82 bits per heavy atom. The van der Waals surface area contributed by atoms with Crippen molar-refractivity contribution in [2.45, 2.75) is 45.1 Å². The minimum absolute atomic E-state index is 0.0406. The quantitative estimate of drug-likeness (QED) is 0.670. The molecule has 0 spiro atoms. The third-order valence-electron chi connectivity index (χ3n) is 4.97. The summed E-state index contributed by atoms with van der Waals surface area (Å²) in [6.07, 6.45) is 4.17. The molecule has 2 aromatic rings. The lowest BCUT2D eigenvalue weighted by molar-refractivity contribution is -0.133. The molecular weight excluding hydrogens is 383 g/mol. The fraction of sp³-hybridized carbons (Fsp3) is 0.500. The van der Waals surface area contributed by atoms with Crippen LogP contribution in [0.2, 0.25) is 0 Å². The molecule has 0 radical (unpaired) electrons. The van der Waals surface area contributed by atoms with Crippen LogP contribution in [0.1, 0.15) is 38.5 Å². The van der Waals surface area contributed by atoms with E-state index in [1.165, 1.54) is 12.3 Å². The van der Waals surface area contributed by atoms with Gasteiger partial charge in [0.15, 0.2) is 21.5 Å². The van der Waals surface area contributed by atoms with Gasteiger partial charge in [0, 0.05) is 25.4 Å². The number of halogens is 1. The predicted octanol–water partition coefficient (Wildman–Crippen LogP) is 3.23. The first kappa shape index (κ1) is 20.5. The smallest absolute Gasteiger partial charge is 0.223 e. The van der Waals surface area contributed by atoms with Crippen LogP contribution in [0.4, 0.5) is 4.39 Å². The number of benzene rings is 1. The molecule has 1 aromatic carbocycles. The van der Waals surface area contributed by atoms with Gasteiger partial charge in [0.25, 0.3) is 0 Å². The Morgan fingerprint density at radius 2 is 2.14 bits per heavy atom. The highest BCUT2D eigenvalue weighted by atomic mass is 32.2. The van der Waals surface area contributed by atoms with Crippen LogP contribution in [-0.2, 0) is 21.1 Å². The van der Waals surface area contributed by atoms with Crippen molar-refractivity contribution in [3.05, 3.63) is 42.2 Å². The van der Waals surface area contributed by atoms with E-state index in [0.717, 1.165) is 12.8 Å². The van der Waals surface area contributed by atoms with E-state index < -0.39 is 15.7 Å². The average Bonchev–Trinajstić information content (AvgIpc) is 3.27. The van der Waals surface area contributed by atoms with Gasteiger partial charge >= 0.3 is 0 Å². The van der Waals surface area contributed by atoms with E-state index in [1.54, 1.807) is 23.1 Å². The molecule has 0 aliphatic carbocycles. The van der Waals surface area contributed by atoms with Crippen molar-refractivity contribution in [3.63, 3.8) is 0 Å². The van der Waals surface area contributed by atoms with Gasteiger partial charge in [-0.2, -0.15) is 0 Å². The van der Waals surface area contributed by atoms with Crippen molar-refractivity contribution < 1.29 is 22.0 Å². The largest absolute Gasteiger partial charge is 0.441 e. The lowest BCUT2D eigenvalue weighted by atomic mass is 10.1. The molecule has 1 saturated heterocycles. The Bertz CT molecular complexity index is 926. The monoisotopic (exact) mass is 408 g/mol. The van der Waals surface area contributed by atoms with Crippen LogP contribution in [0.15, 0.2) is 34.9 Å². The van der Waals surface area contributed by atoms with Gasteiger partial charge in [-0.3, -0.25) is 4.79 Å². The summed E-state index contributed by atoms with van der Waals surface area (Å²) in [5.41, 5.74) is 0.327. The zero-order valence-corrected chi connectivity index (χ0v) is 16.8. The fourth-order valence-corrected chi connectivity index (χ4v) is 5.16. The fourth-order valence-electron chi connectivity index (χ4n) is 3.43. The second kappa shape index (κ2) is 8.86. The third-order valence-corrected chi connectivity index (χ3v) is 6.72. The van der Waals surface area contributed by atoms with Crippen LogP contribution in [-0.4, -0.2) is 48.3 Å². The molecule has 152 valence electrons. The summed E-state index contributed by atoms with van der Waals surface area (Å²) in [6, 6.07) is 6.02. The first-order chi connectivity index (χ1) is 13.4. The standard InChI is InChI=1S/C20H25FN2O4S/c1-2-3-11-23(15-10-12-28(25,26)14-15)20(24)9-8-19-22-13-18(27-19)16-6-4-5-7-17(16)21/h4-7,13,15H,2-3,8-12,14H2,1H3. The van der Waals surface area contributed by atoms with Crippen molar-refractivity contribution in [2.75, 3.05) is 18.1 Å². The lowest BCUT2D eigenvalue weighted by Gasteiger charge is -2.28. The number of amides is 1. The molecule has 28 heavy (non-hydrogen) atoms. The Balaban J connectivity index is 1.64. The van der Waals surface area contributed by atoms with Crippen LogP contribution in [0.5, 0.6) is 0 Å². The second-order valence-electron chi connectivity index (χ2n) is 7.10. The van der Waals surface area contributed by atoms with Gasteiger partial charge in [0.1, 0.15) is 5.82 Å². The molecule has 2 heterocycles. The SMILES string of the molecule is CCCCN(C(=O)CCc1ncc(-c2ccccc2F)o1)C1CCS(=O)(=O)C1. The minimum Gasteiger partial charge on any atom is -0.441 e. The van der Waals surface area contributed by atoms with E-state index in [-0.39, 0.29) is 36.3 Å². The molecule has 0 bridgehead atoms. The molecule has 0 N–H and O–H groups in total. The van der Waals surface area contributed by atoms with Crippen LogP contribution >= 0.6 is 0 Å². The molecule has 1 unspecified atom stereocenters. The summed E-state index contributed by atoms with van der Waals surface area (Å²) in [6.45, 7) is 2.59. The molecule has 1 amide bonds. The molecular formula is C20H25FN2O4S. The molecule has 1 aliphatic rings. The third kappa shape index (κ3) is 4.98. The van der Waals surface area contributed by atoms with Gasteiger partial charge in [0.2, 0.25) is 5.91 Å². The summed E-state index contributed by atoms with van der Waals surface area (Å²) in [4.78, 5) is 18.6. The van der Waals surface area contributed by atoms with Crippen LogP contribution < -0.4 is 0 Å². The van der Waals surface area contributed by atoms with E-state index in [0.29, 0.717) is 30.2 Å². The number of rotatable bonds is 8. The summed E-state index contributed by atoms with van der Waals surface area (Å²) >= 11 is 0. The van der Waals surface area contributed by atoms with Gasteiger partial charge in [-0.1, -0.05) is 25.5 Å². The Hall–Kier alpha value is -2.22. The van der Waals surface area contributed by atoms with Crippen molar-refractivity contribution >= 4 is 15.7 Å². The first-order valence-electron chi connectivity index (χ1n) is 9.59. The number of hydrogen-bond acceptors (Lipinski definition) is 5. The summed E-state index contributed by atoms with van der Waals surface area (Å²) in [5, 5.41) is 0. The Kier molecular flexibility index (Phi) is 6.49. The highest BCUT2D eigenvalue weighted by Crippen LogP contribution is 2.24. The van der Waals surface area contributed by atoms with Gasteiger partial charge < -0.3 is 9.32 Å². The molecule has 1 aliphatic heterocycles. The summed E-state index contributed by atoms with van der Waals surface area (Å²) < 4.78 is 43.0. The molecule has 6 nitrogen and oxygen atoms in total. The van der Waals surface area contributed by atoms with Crippen molar-refractivity contribution in [1.29, 1.82) is 0 Å². The van der Waals surface area contributed by atoms with E-state index in [1.807, 2.05) is 6.92 Å². The van der Waals surface area contributed by atoms with Gasteiger partial charge in [-0.15, -0.1) is 0 Å². The lowest BCUT2D eigenvalue weighted by Crippen LogP contribution is -2.41. The van der Waals surface area contributed by atoms with E-state index in [9.17, 15) is 17.6 Å². The number of carbonyl (C=O) groups excluding carboxylic acids is 1. The summed E-state index contributed by atoms with van der Waals surface area (Å²) in [7, 11) is -3.06. The minimum atomic E-state index is -3.06. The molecule has 8 heteroatoms. The Labute approximate surface area is 164 Å². The van der Waals surface area contributed by atoms with Crippen LogP contribution in [0.25, 0.3) is 11.3 Å². The van der Waals surface area contributed by atoms with Crippen molar-refractivity contribution in [2.24, 2.45) is 0 Å². The molecule has 0 saturated carbocycles. The number of hydrogen-bond donors (Lipinski definition) is 0. The highest BCUT2D eigenvalue weighted by molar-refractivity contribution is 7.91. The maximum absolute atomic E-state index is 13.9. The second-order valence-corrected chi connectivity index (χ2v) is 9.32. The van der Waals surface area contributed by atoms with Gasteiger partial charge in [0.05, 0.1) is 23.3 Å². The van der Waals surface area contributed by atoms with Crippen LogP contribution in [0, 0.1) is 5.82 Å². The first-order valence-corrected chi connectivity index (χ1v) is 11.4. The van der Waals surface area contributed by atoms with Crippen molar-refractivity contribution in [1.82, 2.24) is 9.88 Å². The predicted molar refractivity (Wildman–Crippen MR) is 104 cm³/mol. The number of aryl methyl sites for hydroxylation is 1. The average molecular weight is 408 g/mol. The normalized spacial score (nSPS) is 18.3. The molecule has 1 atom stereocenters. The molecule has 3 rings (SSSR count). The number of sulfone groups is 1. The number of carbonyl (C=O) groups is 1. The van der Waals surface area contributed by atoms with Crippen molar-refractivity contribution in [3.8, 4) is 11.3 Å². The zero-order chi connectivity index (χ0) is 20.1. The number of unbranched alkanes of at least 4 members (excludes halogenated alkanes) is 1. The maximum Gasteiger partial charge on any atom is 0.223 e. The van der Waals surface area contributed by atoms with Gasteiger partial charge in [-0.25, -0.2) is 17.8 Å². The number of oxazole rings is 1. The number of aromatic nitrogens is 1. The Morgan fingerprint density at radius 1 is 1.36 bits per heavy atom. The topological polar surface area (TPSA) is 80.5 Å². The number of nitrogens with zero attached hydrogens (tertiary/aromatic N) is 2. The summed E-state index contributed by atoms with van der Waals surface area (Å²) in [5.74, 6) is 0.375. The molecule has 1 fully saturated rings. The highest BCUT2D eigenvalue weighted by Gasteiger charge is 2.34. The van der Waals surface area contributed by atoms with E-state index >= 15 is 0 Å². The molecule has 1 aromatic heterocycles. The van der Waals surface area contributed by atoms with Crippen LogP contribution in [0.3, 0.4) is 0 Å².